The zero-order chi connectivity index (χ0) is 29.2. The van der Waals surface area contributed by atoms with E-state index < -0.39 is 0 Å². The quantitative estimate of drug-likeness (QED) is 0.168. The fraction of sp³-hybridized carbons (Fsp3) is 0.179. The van der Waals surface area contributed by atoms with Gasteiger partial charge >= 0.3 is 0 Å². The van der Waals surface area contributed by atoms with Crippen LogP contribution in [0, 0.1) is 13.8 Å². The average Bonchev–Trinajstić information content (AvgIpc) is 3.02. The molecule has 0 atom stereocenters. The maximum absolute atomic E-state index is 12.4. The lowest BCUT2D eigenvalue weighted by molar-refractivity contribution is 0.103. The molecule has 5 heteroatoms. The molecule has 0 unspecified atom stereocenters. The van der Waals surface area contributed by atoms with Crippen molar-refractivity contribution in [2.75, 3.05) is 14.2 Å². The molecular formula is C39H44O5. The van der Waals surface area contributed by atoms with Crippen LogP contribution in [0.4, 0.5) is 0 Å². The van der Waals surface area contributed by atoms with Gasteiger partial charge < -0.3 is 14.2 Å². The smallest absolute Gasteiger partial charge is 0.193 e. The summed E-state index contributed by atoms with van der Waals surface area (Å²) in [7, 11) is 3.23. The Labute approximate surface area is 263 Å². The summed E-state index contributed by atoms with van der Waals surface area (Å²) in [6.45, 7) is 4.00. The van der Waals surface area contributed by atoms with Crippen LogP contribution in [0.2, 0.25) is 0 Å². The number of ketones is 2. The number of carbonyl (C=O) groups excluding carboxylic acids is 2. The van der Waals surface area contributed by atoms with E-state index in [1.807, 2.05) is 86.6 Å². The molecular weight excluding hydrogens is 548 g/mol. The Bertz CT molecular complexity index is 1570. The maximum atomic E-state index is 12.4. The standard InChI is InChI=1S/C21H18O3.C15H14O2.3CH4/c1-15-3-5-16(6-4-15)21(22)17-7-9-19(10-8-17)24-20-13-11-18(23-2)12-14-20;1-11-3-5-12(6-4-11)15(16)13-7-9-14(17-2)10-8-13;;;/h3-14H,1-2H3;3-10H,1-2H3;3*1H4. The molecule has 230 valence electrons. The number of hydrogen-bond donors (Lipinski definition) is 0. The molecule has 0 N–H and O–H groups in total. The largest absolute Gasteiger partial charge is 0.497 e. The van der Waals surface area contributed by atoms with E-state index in [9.17, 15) is 9.59 Å². The van der Waals surface area contributed by atoms with E-state index in [0.717, 1.165) is 22.6 Å². The van der Waals surface area contributed by atoms with E-state index in [-0.39, 0.29) is 33.8 Å². The van der Waals surface area contributed by atoms with Crippen LogP contribution in [0.1, 0.15) is 65.2 Å². The highest BCUT2D eigenvalue weighted by molar-refractivity contribution is 6.09. The van der Waals surface area contributed by atoms with Crippen LogP contribution in [0.25, 0.3) is 0 Å². The minimum absolute atomic E-state index is 0. The van der Waals surface area contributed by atoms with Gasteiger partial charge in [-0.1, -0.05) is 81.9 Å². The first-order valence-corrected chi connectivity index (χ1v) is 13.1. The van der Waals surface area contributed by atoms with Gasteiger partial charge in [0.15, 0.2) is 11.6 Å². The van der Waals surface area contributed by atoms with Crippen LogP contribution < -0.4 is 14.2 Å². The van der Waals surface area contributed by atoms with E-state index in [0.29, 0.717) is 33.8 Å². The molecule has 5 nitrogen and oxygen atoms in total. The third-order valence-electron chi connectivity index (χ3n) is 6.39. The Balaban J connectivity index is 0.000000433. The average molecular weight is 593 g/mol. The van der Waals surface area contributed by atoms with E-state index in [4.69, 9.17) is 14.2 Å². The molecule has 0 aliphatic carbocycles. The fourth-order valence-corrected chi connectivity index (χ4v) is 3.94. The summed E-state index contributed by atoms with van der Waals surface area (Å²) in [6, 6.07) is 36.8. The summed E-state index contributed by atoms with van der Waals surface area (Å²) in [5, 5.41) is 0. The summed E-state index contributed by atoms with van der Waals surface area (Å²) >= 11 is 0. The Morgan fingerprint density at radius 2 is 0.614 bits per heavy atom. The van der Waals surface area contributed by atoms with Crippen molar-refractivity contribution in [3.05, 3.63) is 155 Å². The summed E-state index contributed by atoms with van der Waals surface area (Å²) in [4.78, 5) is 24.6. The van der Waals surface area contributed by atoms with Crippen molar-refractivity contribution >= 4 is 11.6 Å². The molecule has 0 aliphatic heterocycles. The van der Waals surface area contributed by atoms with Crippen LogP contribution in [-0.2, 0) is 0 Å². The Hall–Kier alpha value is -5.16. The first-order valence-electron chi connectivity index (χ1n) is 13.1. The second-order valence-corrected chi connectivity index (χ2v) is 9.42. The van der Waals surface area contributed by atoms with E-state index in [1.165, 1.54) is 0 Å². The molecule has 0 aliphatic rings. The second kappa shape index (κ2) is 17.7. The molecule has 0 radical (unpaired) electrons. The Morgan fingerprint density at radius 3 is 0.909 bits per heavy atom. The normalized spacial score (nSPS) is 9.45. The zero-order valence-corrected chi connectivity index (χ0v) is 23.6. The third-order valence-corrected chi connectivity index (χ3v) is 6.39. The topological polar surface area (TPSA) is 61.8 Å². The molecule has 0 bridgehead atoms. The van der Waals surface area contributed by atoms with Crippen LogP contribution in [0.15, 0.2) is 121 Å². The lowest BCUT2D eigenvalue weighted by Crippen LogP contribution is -2.00. The summed E-state index contributed by atoms with van der Waals surface area (Å²) in [6.07, 6.45) is 0. The van der Waals surface area contributed by atoms with Crippen molar-refractivity contribution in [3.8, 4) is 23.0 Å². The van der Waals surface area contributed by atoms with Gasteiger partial charge in [-0.2, -0.15) is 0 Å². The second-order valence-electron chi connectivity index (χ2n) is 9.42. The van der Waals surface area contributed by atoms with Crippen molar-refractivity contribution in [2.24, 2.45) is 0 Å². The van der Waals surface area contributed by atoms with E-state index in [2.05, 4.69) is 0 Å². The van der Waals surface area contributed by atoms with Crippen molar-refractivity contribution in [1.29, 1.82) is 0 Å². The molecule has 0 saturated carbocycles. The number of hydrogen-bond acceptors (Lipinski definition) is 5. The van der Waals surface area contributed by atoms with Gasteiger partial charge in [0, 0.05) is 22.3 Å². The summed E-state index contributed by atoms with van der Waals surface area (Å²) < 4.78 is 15.9. The molecule has 0 fully saturated rings. The highest BCUT2D eigenvalue weighted by Crippen LogP contribution is 2.24. The number of methoxy groups -OCH3 is 2. The molecule has 0 amide bonds. The summed E-state index contributed by atoms with van der Waals surface area (Å²) in [5.41, 5.74) is 4.99. The predicted molar refractivity (Wildman–Crippen MR) is 182 cm³/mol. The molecule has 5 rings (SSSR count). The van der Waals surface area contributed by atoms with Crippen molar-refractivity contribution in [3.63, 3.8) is 0 Å². The number of benzene rings is 5. The van der Waals surface area contributed by atoms with Crippen molar-refractivity contribution in [2.45, 2.75) is 36.1 Å². The molecule has 0 heterocycles. The lowest BCUT2D eigenvalue weighted by atomic mass is 10.0. The molecule has 0 saturated heterocycles. The Kier molecular flexibility index (Phi) is 14.8. The van der Waals surface area contributed by atoms with Gasteiger partial charge in [-0.15, -0.1) is 0 Å². The number of carbonyl (C=O) groups is 2. The van der Waals surface area contributed by atoms with Gasteiger partial charge in [0.05, 0.1) is 14.2 Å². The predicted octanol–water partition coefficient (Wildman–Crippen LogP) is 10.2. The minimum atomic E-state index is 0. The molecule has 0 spiro atoms. The number of ether oxygens (including phenoxy) is 3. The molecule has 44 heavy (non-hydrogen) atoms. The number of rotatable bonds is 8. The first-order chi connectivity index (χ1) is 19.9. The van der Waals surface area contributed by atoms with Crippen LogP contribution >= 0.6 is 0 Å². The monoisotopic (exact) mass is 592 g/mol. The van der Waals surface area contributed by atoms with Crippen molar-refractivity contribution < 1.29 is 23.8 Å². The third kappa shape index (κ3) is 9.99. The highest BCUT2D eigenvalue weighted by atomic mass is 16.5. The van der Waals surface area contributed by atoms with Gasteiger partial charge in [-0.25, -0.2) is 0 Å². The fourth-order valence-electron chi connectivity index (χ4n) is 3.94. The lowest BCUT2D eigenvalue weighted by Gasteiger charge is -2.07. The van der Waals surface area contributed by atoms with E-state index in [1.54, 1.807) is 62.8 Å². The van der Waals surface area contributed by atoms with Crippen molar-refractivity contribution in [1.82, 2.24) is 0 Å². The van der Waals surface area contributed by atoms with Gasteiger partial charge in [-0.05, 0) is 86.6 Å². The van der Waals surface area contributed by atoms with Gasteiger partial charge in [-0.3, -0.25) is 9.59 Å². The minimum Gasteiger partial charge on any atom is -0.497 e. The van der Waals surface area contributed by atoms with Gasteiger partial charge in [0.25, 0.3) is 0 Å². The molecule has 5 aromatic carbocycles. The first kappa shape index (κ1) is 36.9. The number of aryl methyl sites for hydroxylation is 2. The Morgan fingerprint density at radius 1 is 0.386 bits per heavy atom. The molecule has 0 aromatic heterocycles. The van der Waals surface area contributed by atoms with Crippen LogP contribution in [-0.4, -0.2) is 25.8 Å². The summed E-state index contributed by atoms with van der Waals surface area (Å²) in [5.74, 6) is 2.97. The van der Waals surface area contributed by atoms with Gasteiger partial charge in [0.2, 0.25) is 0 Å². The SMILES string of the molecule is C.C.C.COc1ccc(C(=O)c2ccc(C)cc2)cc1.COc1ccc(Oc2ccc(C(=O)c3ccc(C)cc3)cc2)cc1. The van der Waals surface area contributed by atoms with Crippen LogP contribution in [0.3, 0.4) is 0 Å². The zero-order valence-electron chi connectivity index (χ0n) is 23.6. The maximum Gasteiger partial charge on any atom is 0.193 e. The van der Waals surface area contributed by atoms with E-state index >= 15 is 0 Å². The highest BCUT2D eigenvalue weighted by Gasteiger charge is 2.10. The van der Waals surface area contributed by atoms with Crippen LogP contribution in [0.5, 0.6) is 23.0 Å². The van der Waals surface area contributed by atoms with Gasteiger partial charge in [0.1, 0.15) is 23.0 Å². The molecule has 5 aromatic rings.